The Morgan fingerprint density at radius 1 is 1.10 bits per heavy atom. The average Bonchev–Trinajstić information content (AvgIpc) is 2.49. The minimum absolute atomic E-state index is 0.125. The Bertz CT molecular complexity index is 656. The van der Waals surface area contributed by atoms with Crippen molar-refractivity contribution in [3.05, 3.63) is 63.7 Å². The van der Waals surface area contributed by atoms with Crippen LogP contribution >= 0.6 is 11.6 Å². The molecule has 2 aromatic carbocycles. The van der Waals surface area contributed by atoms with E-state index < -0.39 is 0 Å². The number of aliphatic hydroxyl groups is 1. The highest BCUT2D eigenvalue weighted by atomic mass is 35.5. The van der Waals surface area contributed by atoms with Gasteiger partial charge in [-0.15, -0.1) is 0 Å². The van der Waals surface area contributed by atoms with Crippen LogP contribution < -0.4 is 4.74 Å². The normalized spacial score (nSPS) is 9.90. The first-order valence-corrected chi connectivity index (χ1v) is 7.06. The first-order valence-electron chi connectivity index (χ1n) is 6.68. The third kappa shape index (κ3) is 4.26. The van der Waals surface area contributed by atoms with Crippen LogP contribution in [-0.4, -0.2) is 11.7 Å². The van der Waals surface area contributed by atoms with Crippen molar-refractivity contribution in [1.82, 2.24) is 0 Å². The Kier molecular flexibility index (Phi) is 5.27. The molecule has 0 amide bonds. The SMILES string of the molecule is Cc1cc(OCc2ccc(C#CCO)cc2)cc(C)c1Cl. The number of benzene rings is 2. The molecule has 0 aliphatic rings. The van der Waals surface area contributed by atoms with Gasteiger partial charge in [0.25, 0.3) is 0 Å². The maximum atomic E-state index is 8.65. The van der Waals surface area contributed by atoms with Gasteiger partial charge < -0.3 is 9.84 Å². The summed E-state index contributed by atoms with van der Waals surface area (Å²) < 4.78 is 5.80. The van der Waals surface area contributed by atoms with Crippen molar-refractivity contribution in [2.45, 2.75) is 20.5 Å². The summed E-state index contributed by atoms with van der Waals surface area (Å²) in [5.74, 6) is 6.30. The van der Waals surface area contributed by atoms with E-state index in [1.54, 1.807) is 0 Å². The second-order valence-electron chi connectivity index (χ2n) is 4.82. The predicted molar refractivity (Wildman–Crippen MR) is 85.7 cm³/mol. The molecule has 0 bridgehead atoms. The van der Waals surface area contributed by atoms with Crippen LogP contribution in [0.3, 0.4) is 0 Å². The van der Waals surface area contributed by atoms with Crippen molar-refractivity contribution in [3.8, 4) is 17.6 Å². The zero-order chi connectivity index (χ0) is 15.2. The topological polar surface area (TPSA) is 29.5 Å². The number of aliphatic hydroxyl groups excluding tert-OH is 1. The Hall–Kier alpha value is -1.95. The van der Waals surface area contributed by atoms with Gasteiger partial charge in [0.15, 0.2) is 0 Å². The summed E-state index contributed by atoms with van der Waals surface area (Å²) in [5.41, 5.74) is 3.98. The summed E-state index contributed by atoms with van der Waals surface area (Å²) in [6.07, 6.45) is 0. The maximum absolute atomic E-state index is 8.65. The first-order chi connectivity index (χ1) is 10.1. The van der Waals surface area contributed by atoms with Gasteiger partial charge >= 0.3 is 0 Å². The molecule has 0 saturated heterocycles. The summed E-state index contributed by atoms with van der Waals surface area (Å²) >= 11 is 6.14. The fraction of sp³-hybridized carbons (Fsp3) is 0.222. The standard InChI is InChI=1S/C18H17ClO2/c1-13-10-17(11-14(2)18(13)19)21-12-16-7-5-15(6-8-16)4-3-9-20/h5-8,10-11,20H,9,12H2,1-2H3. The number of rotatable bonds is 3. The number of ether oxygens (including phenoxy) is 1. The van der Waals surface area contributed by atoms with Crippen molar-refractivity contribution in [3.63, 3.8) is 0 Å². The van der Waals surface area contributed by atoms with Gasteiger partial charge in [0.05, 0.1) is 0 Å². The average molecular weight is 301 g/mol. The van der Waals surface area contributed by atoms with Crippen LogP contribution in [0, 0.1) is 25.7 Å². The van der Waals surface area contributed by atoms with E-state index in [0.717, 1.165) is 33.0 Å². The number of aryl methyl sites for hydroxylation is 2. The van der Waals surface area contributed by atoms with Crippen LogP contribution in [0.1, 0.15) is 22.3 Å². The fourth-order valence-electron chi connectivity index (χ4n) is 1.98. The van der Waals surface area contributed by atoms with Crippen molar-refractivity contribution in [1.29, 1.82) is 0 Å². The molecule has 0 aromatic heterocycles. The second kappa shape index (κ2) is 7.17. The highest BCUT2D eigenvalue weighted by Gasteiger charge is 2.04. The van der Waals surface area contributed by atoms with Gasteiger partial charge in [-0.05, 0) is 54.8 Å². The summed E-state index contributed by atoms with van der Waals surface area (Å²) in [6.45, 7) is 4.31. The van der Waals surface area contributed by atoms with Gasteiger partial charge in [-0.25, -0.2) is 0 Å². The largest absolute Gasteiger partial charge is 0.489 e. The zero-order valence-electron chi connectivity index (χ0n) is 12.1. The van der Waals surface area contributed by atoms with E-state index in [1.807, 2.05) is 50.2 Å². The summed E-state index contributed by atoms with van der Waals surface area (Å²) in [6, 6.07) is 11.7. The number of halogens is 1. The van der Waals surface area contributed by atoms with E-state index in [2.05, 4.69) is 11.8 Å². The van der Waals surface area contributed by atoms with Crippen LogP contribution in [0.5, 0.6) is 5.75 Å². The molecule has 0 heterocycles. The van der Waals surface area contributed by atoms with Crippen LogP contribution in [0.25, 0.3) is 0 Å². The Morgan fingerprint density at radius 3 is 2.29 bits per heavy atom. The molecular weight excluding hydrogens is 284 g/mol. The monoisotopic (exact) mass is 300 g/mol. The van der Waals surface area contributed by atoms with E-state index in [4.69, 9.17) is 21.4 Å². The molecular formula is C18H17ClO2. The van der Waals surface area contributed by atoms with Gasteiger partial charge in [0, 0.05) is 10.6 Å². The van der Waals surface area contributed by atoms with Crippen molar-refractivity contribution in [2.24, 2.45) is 0 Å². The van der Waals surface area contributed by atoms with Crippen molar-refractivity contribution in [2.75, 3.05) is 6.61 Å². The summed E-state index contributed by atoms with van der Waals surface area (Å²) in [7, 11) is 0. The van der Waals surface area contributed by atoms with Gasteiger partial charge in [0.2, 0.25) is 0 Å². The predicted octanol–water partition coefficient (Wildman–Crippen LogP) is 3.88. The van der Waals surface area contributed by atoms with Crippen LogP contribution in [0.15, 0.2) is 36.4 Å². The van der Waals surface area contributed by atoms with Gasteiger partial charge in [-0.3, -0.25) is 0 Å². The van der Waals surface area contributed by atoms with Gasteiger partial charge in [-0.2, -0.15) is 0 Å². The van der Waals surface area contributed by atoms with Crippen LogP contribution in [0.2, 0.25) is 5.02 Å². The highest BCUT2D eigenvalue weighted by Crippen LogP contribution is 2.26. The van der Waals surface area contributed by atoms with Crippen molar-refractivity contribution >= 4 is 11.6 Å². The van der Waals surface area contributed by atoms with E-state index in [1.165, 1.54) is 0 Å². The molecule has 0 spiro atoms. The Balaban J connectivity index is 2.03. The lowest BCUT2D eigenvalue weighted by Crippen LogP contribution is -1.96. The number of hydrogen-bond acceptors (Lipinski definition) is 2. The third-order valence-corrected chi connectivity index (χ3v) is 3.68. The van der Waals surface area contributed by atoms with Crippen LogP contribution in [-0.2, 0) is 6.61 Å². The van der Waals surface area contributed by atoms with Gasteiger partial charge in [0.1, 0.15) is 19.0 Å². The summed E-state index contributed by atoms with van der Waals surface area (Å²) in [4.78, 5) is 0. The molecule has 0 aliphatic heterocycles. The lowest BCUT2D eigenvalue weighted by molar-refractivity contribution is 0.306. The van der Waals surface area contributed by atoms with E-state index >= 15 is 0 Å². The minimum Gasteiger partial charge on any atom is -0.489 e. The molecule has 0 atom stereocenters. The fourth-order valence-corrected chi connectivity index (χ4v) is 2.09. The third-order valence-electron chi connectivity index (χ3n) is 3.08. The van der Waals surface area contributed by atoms with Crippen molar-refractivity contribution < 1.29 is 9.84 Å². The minimum atomic E-state index is -0.125. The molecule has 2 aromatic rings. The molecule has 2 rings (SSSR count). The molecule has 1 N–H and O–H groups in total. The van der Waals surface area contributed by atoms with E-state index in [0.29, 0.717) is 6.61 Å². The second-order valence-corrected chi connectivity index (χ2v) is 5.19. The summed E-state index contributed by atoms with van der Waals surface area (Å²) in [5, 5.41) is 9.44. The van der Waals surface area contributed by atoms with Gasteiger partial charge in [-0.1, -0.05) is 35.6 Å². The zero-order valence-corrected chi connectivity index (χ0v) is 12.9. The Labute approximate surface area is 130 Å². The maximum Gasteiger partial charge on any atom is 0.120 e. The highest BCUT2D eigenvalue weighted by molar-refractivity contribution is 6.32. The molecule has 0 fully saturated rings. The molecule has 2 nitrogen and oxygen atoms in total. The quantitative estimate of drug-likeness (QED) is 0.872. The molecule has 0 saturated carbocycles. The molecule has 21 heavy (non-hydrogen) atoms. The smallest absolute Gasteiger partial charge is 0.120 e. The Morgan fingerprint density at radius 2 is 1.71 bits per heavy atom. The molecule has 3 heteroatoms. The number of hydrogen-bond donors (Lipinski definition) is 1. The molecule has 0 radical (unpaired) electrons. The molecule has 0 unspecified atom stereocenters. The molecule has 108 valence electrons. The lowest BCUT2D eigenvalue weighted by Gasteiger charge is -2.10. The van der Waals surface area contributed by atoms with E-state index in [-0.39, 0.29) is 6.61 Å². The van der Waals surface area contributed by atoms with Crippen LogP contribution in [0.4, 0.5) is 0 Å². The first kappa shape index (κ1) is 15.4. The lowest BCUT2D eigenvalue weighted by atomic mass is 10.1. The molecule has 0 aliphatic carbocycles. The van der Waals surface area contributed by atoms with E-state index in [9.17, 15) is 0 Å².